The van der Waals surface area contributed by atoms with E-state index >= 15 is 0 Å². The van der Waals surface area contributed by atoms with Gasteiger partial charge in [-0.3, -0.25) is 4.40 Å². The van der Waals surface area contributed by atoms with Crippen molar-refractivity contribution >= 4 is 34.6 Å². The smallest absolute Gasteiger partial charge is 0.227 e. The van der Waals surface area contributed by atoms with Crippen molar-refractivity contribution in [1.29, 1.82) is 0 Å². The molecule has 0 bridgehead atoms. The Morgan fingerprint density at radius 1 is 1.09 bits per heavy atom. The Bertz CT molecular complexity index is 1270. The molecule has 1 fully saturated rings. The molecule has 32 heavy (non-hydrogen) atoms. The van der Waals surface area contributed by atoms with Crippen molar-refractivity contribution in [3.8, 4) is 17.1 Å². The Hall–Kier alpha value is -3.36. The first-order valence-corrected chi connectivity index (χ1v) is 10.8. The lowest BCUT2D eigenvalue weighted by atomic mass is 10.2. The molecule has 0 spiro atoms. The van der Waals surface area contributed by atoms with Crippen LogP contribution in [0.5, 0.6) is 5.75 Å². The second-order valence-corrected chi connectivity index (χ2v) is 7.99. The van der Waals surface area contributed by atoms with Gasteiger partial charge >= 0.3 is 0 Å². The first-order chi connectivity index (χ1) is 15.6. The summed E-state index contributed by atoms with van der Waals surface area (Å²) in [7, 11) is 1.66. The first kappa shape index (κ1) is 20.5. The van der Waals surface area contributed by atoms with E-state index in [1.54, 1.807) is 19.5 Å². The van der Waals surface area contributed by atoms with Crippen molar-refractivity contribution in [3.05, 3.63) is 59.5 Å². The molecule has 1 aliphatic heterocycles. The monoisotopic (exact) mass is 448 g/mol. The lowest BCUT2D eigenvalue weighted by molar-refractivity contribution is 0.416. The number of imidazole rings is 1. The Balaban J connectivity index is 1.47. The summed E-state index contributed by atoms with van der Waals surface area (Å²) in [6.45, 7) is 5.56. The highest BCUT2D eigenvalue weighted by Gasteiger charge is 2.16. The van der Waals surface area contributed by atoms with Crippen LogP contribution in [0.25, 0.3) is 17.0 Å². The number of methoxy groups -OCH3 is 1. The number of aryl methyl sites for hydroxylation is 1. The van der Waals surface area contributed by atoms with Crippen LogP contribution >= 0.6 is 11.6 Å². The standard InChI is InChI=1S/C23H23ClN7O/c1-15-4-3-9-31-19(14-26-22(15)31)21-17(24)13-27-23(29-21)28-18-6-5-16(12-20(18)32-2)30-10-7-25-8-11-30/h3-6,9,12-14H,7-8,10-11H2,1-2H3,(H,27,28,29). The van der Waals surface area contributed by atoms with Gasteiger partial charge in [0.25, 0.3) is 0 Å². The summed E-state index contributed by atoms with van der Waals surface area (Å²) < 4.78 is 7.62. The van der Waals surface area contributed by atoms with E-state index in [0.717, 1.165) is 60.2 Å². The summed E-state index contributed by atoms with van der Waals surface area (Å²) >= 11 is 6.46. The van der Waals surface area contributed by atoms with Gasteiger partial charge in [0.1, 0.15) is 17.1 Å². The number of rotatable bonds is 5. The minimum absolute atomic E-state index is 0.426. The molecule has 5 rings (SSSR count). The lowest BCUT2D eigenvalue weighted by Crippen LogP contribution is -2.40. The fourth-order valence-electron chi connectivity index (χ4n) is 3.90. The van der Waals surface area contributed by atoms with Crippen LogP contribution in [0.3, 0.4) is 0 Å². The summed E-state index contributed by atoms with van der Waals surface area (Å²) in [5.41, 5.74) is 5.25. The number of pyridine rings is 1. The van der Waals surface area contributed by atoms with Gasteiger partial charge < -0.3 is 15.0 Å². The van der Waals surface area contributed by atoms with Crippen LogP contribution in [-0.2, 0) is 0 Å². The summed E-state index contributed by atoms with van der Waals surface area (Å²) in [5, 5.41) is 8.14. The van der Waals surface area contributed by atoms with Crippen LogP contribution in [0.1, 0.15) is 5.56 Å². The average Bonchev–Trinajstić information content (AvgIpc) is 3.26. The van der Waals surface area contributed by atoms with Crippen molar-refractivity contribution in [2.24, 2.45) is 0 Å². The molecule has 4 heterocycles. The molecule has 163 valence electrons. The molecule has 0 aliphatic carbocycles. The molecular formula is C23H23ClN7O. The normalized spacial score (nSPS) is 14.0. The minimum Gasteiger partial charge on any atom is -0.494 e. The number of piperazine rings is 1. The molecule has 1 aliphatic rings. The van der Waals surface area contributed by atoms with Crippen molar-refractivity contribution in [2.45, 2.75) is 6.92 Å². The highest BCUT2D eigenvalue weighted by atomic mass is 35.5. The van der Waals surface area contributed by atoms with Crippen LogP contribution < -0.4 is 20.3 Å². The number of aromatic nitrogens is 4. The molecular weight excluding hydrogens is 426 g/mol. The second kappa shape index (κ2) is 8.64. The number of fused-ring (bicyclic) bond motifs is 1. The van der Waals surface area contributed by atoms with Crippen LogP contribution in [0.4, 0.5) is 17.3 Å². The van der Waals surface area contributed by atoms with Crippen LogP contribution in [0, 0.1) is 6.92 Å². The zero-order valence-corrected chi connectivity index (χ0v) is 18.7. The molecule has 9 heteroatoms. The van der Waals surface area contributed by atoms with Gasteiger partial charge in [-0.15, -0.1) is 0 Å². The summed E-state index contributed by atoms with van der Waals surface area (Å²) in [6.07, 6.45) is 5.33. The predicted octanol–water partition coefficient (Wildman–Crippen LogP) is 3.93. The van der Waals surface area contributed by atoms with E-state index in [0.29, 0.717) is 16.7 Å². The number of halogens is 1. The summed E-state index contributed by atoms with van der Waals surface area (Å²) in [5.74, 6) is 1.14. The number of anilines is 3. The van der Waals surface area contributed by atoms with E-state index in [2.05, 4.69) is 36.6 Å². The maximum atomic E-state index is 6.46. The van der Waals surface area contributed by atoms with Gasteiger partial charge in [0.05, 0.1) is 35.9 Å². The van der Waals surface area contributed by atoms with Gasteiger partial charge in [-0.2, -0.15) is 0 Å². The van der Waals surface area contributed by atoms with Gasteiger partial charge in [0.15, 0.2) is 0 Å². The third-order valence-corrected chi connectivity index (χ3v) is 5.85. The van der Waals surface area contributed by atoms with Gasteiger partial charge in [-0.1, -0.05) is 17.7 Å². The van der Waals surface area contributed by atoms with E-state index in [9.17, 15) is 0 Å². The molecule has 0 unspecified atom stereocenters. The average molecular weight is 449 g/mol. The molecule has 4 aromatic rings. The topological polar surface area (TPSA) is 81.7 Å². The Labute approximate surface area is 191 Å². The van der Waals surface area contributed by atoms with Gasteiger partial charge in [0.2, 0.25) is 5.95 Å². The van der Waals surface area contributed by atoms with E-state index in [1.165, 1.54) is 0 Å². The molecule has 3 aromatic heterocycles. The minimum atomic E-state index is 0.426. The largest absolute Gasteiger partial charge is 0.494 e. The fraction of sp³-hybridized carbons (Fsp3) is 0.261. The lowest BCUT2D eigenvalue weighted by Gasteiger charge is -2.29. The molecule has 1 aromatic carbocycles. The van der Waals surface area contributed by atoms with Crippen LogP contribution in [0.15, 0.2) is 48.9 Å². The molecule has 1 saturated heterocycles. The van der Waals surface area contributed by atoms with Crippen molar-refractivity contribution < 1.29 is 4.74 Å². The highest BCUT2D eigenvalue weighted by molar-refractivity contribution is 6.32. The first-order valence-electron chi connectivity index (χ1n) is 10.4. The molecule has 0 saturated carbocycles. The van der Waals surface area contributed by atoms with E-state index in [1.807, 2.05) is 41.8 Å². The zero-order valence-electron chi connectivity index (χ0n) is 17.9. The second-order valence-electron chi connectivity index (χ2n) is 7.59. The third kappa shape index (κ3) is 3.83. The number of ether oxygens (including phenoxy) is 1. The van der Waals surface area contributed by atoms with Crippen LogP contribution in [-0.4, -0.2) is 52.6 Å². The molecule has 0 amide bonds. The van der Waals surface area contributed by atoms with Crippen LogP contribution in [0.2, 0.25) is 5.02 Å². The fourth-order valence-corrected chi connectivity index (χ4v) is 4.09. The number of nitrogens with one attached hydrogen (secondary N) is 1. The maximum Gasteiger partial charge on any atom is 0.227 e. The Morgan fingerprint density at radius 3 is 2.75 bits per heavy atom. The number of nitrogens with zero attached hydrogens (tertiary/aromatic N) is 6. The summed E-state index contributed by atoms with van der Waals surface area (Å²) in [6, 6.07) is 10.1. The molecule has 8 nitrogen and oxygen atoms in total. The van der Waals surface area contributed by atoms with Crippen molar-refractivity contribution in [2.75, 3.05) is 43.5 Å². The van der Waals surface area contributed by atoms with E-state index in [-0.39, 0.29) is 0 Å². The summed E-state index contributed by atoms with van der Waals surface area (Å²) in [4.78, 5) is 15.9. The van der Waals surface area contributed by atoms with Crippen molar-refractivity contribution in [1.82, 2.24) is 24.7 Å². The Kier molecular flexibility index (Phi) is 5.55. The highest BCUT2D eigenvalue weighted by Crippen LogP contribution is 2.33. The quantitative estimate of drug-likeness (QED) is 0.498. The Morgan fingerprint density at radius 2 is 1.94 bits per heavy atom. The number of hydrogen-bond acceptors (Lipinski definition) is 6. The maximum absolute atomic E-state index is 6.46. The molecule has 1 N–H and O–H groups in total. The molecule has 1 radical (unpaired) electrons. The zero-order chi connectivity index (χ0) is 22.1. The predicted molar refractivity (Wildman–Crippen MR) is 126 cm³/mol. The van der Waals surface area contributed by atoms with Gasteiger partial charge in [-0.25, -0.2) is 20.3 Å². The van der Waals surface area contributed by atoms with Gasteiger partial charge in [-0.05, 0) is 30.7 Å². The SMILES string of the molecule is COc1cc(N2CC[N]CC2)ccc1Nc1ncc(Cl)c(-c2cnc3c(C)cccn23)n1. The third-order valence-electron chi connectivity index (χ3n) is 5.57. The molecule has 0 atom stereocenters. The van der Waals surface area contributed by atoms with Gasteiger partial charge in [0, 0.05) is 44.1 Å². The number of benzene rings is 1. The van der Waals surface area contributed by atoms with Crippen molar-refractivity contribution in [3.63, 3.8) is 0 Å². The number of hydrogen-bond donors (Lipinski definition) is 1. The van der Waals surface area contributed by atoms with E-state index in [4.69, 9.17) is 16.3 Å². The van der Waals surface area contributed by atoms with E-state index < -0.39 is 0 Å².